The minimum atomic E-state index is -0.928. The van der Waals surface area contributed by atoms with Crippen molar-refractivity contribution in [2.75, 3.05) is 6.54 Å². The lowest BCUT2D eigenvalue weighted by atomic mass is 9.98. The second-order valence-corrected chi connectivity index (χ2v) is 6.05. The molecule has 1 nitrogen and oxygen atoms in total. The Hall–Kier alpha value is -0.970. The van der Waals surface area contributed by atoms with Crippen LogP contribution in [0, 0.1) is 11.6 Å². The van der Waals surface area contributed by atoms with Gasteiger partial charge in [0.15, 0.2) is 11.6 Å². The zero-order chi connectivity index (χ0) is 15.4. The second-order valence-electron chi connectivity index (χ2n) is 4.73. The van der Waals surface area contributed by atoms with E-state index in [1.54, 1.807) is 0 Å². The predicted octanol–water partition coefficient (Wildman–Crippen LogP) is 5.27. The third kappa shape index (κ3) is 4.25. The quantitative estimate of drug-likeness (QED) is 0.703. The first-order chi connectivity index (χ1) is 10.0. The number of likely N-dealkylation sites (N-methyl/N-ethyl adjacent to an activating group) is 1. The molecule has 21 heavy (non-hydrogen) atoms. The van der Waals surface area contributed by atoms with Crippen LogP contribution in [0.2, 0.25) is 5.02 Å². The van der Waals surface area contributed by atoms with Crippen LogP contribution in [0.5, 0.6) is 0 Å². The Morgan fingerprint density at radius 2 is 1.76 bits per heavy atom. The van der Waals surface area contributed by atoms with E-state index in [9.17, 15) is 8.78 Å². The molecule has 0 spiro atoms. The van der Waals surface area contributed by atoms with Crippen molar-refractivity contribution in [3.8, 4) is 0 Å². The third-order valence-electron chi connectivity index (χ3n) is 3.22. The fourth-order valence-corrected chi connectivity index (χ4v) is 2.75. The van der Waals surface area contributed by atoms with E-state index >= 15 is 0 Å². The highest BCUT2D eigenvalue weighted by atomic mass is 79.9. The van der Waals surface area contributed by atoms with E-state index in [1.165, 1.54) is 6.07 Å². The van der Waals surface area contributed by atoms with Gasteiger partial charge in [-0.2, -0.15) is 0 Å². The van der Waals surface area contributed by atoms with E-state index in [-0.39, 0.29) is 11.1 Å². The summed E-state index contributed by atoms with van der Waals surface area (Å²) in [5, 5.41) is 3.50. The van der Waals surface area contributed by atoms with Gasteiger partial charge in [-0.1, -0.05) is 46.6 Å². The summed E-state index contributed by atoms with van der Waals surface area (Å²) < 4.78 is 27.7. The largest absolute Gasteiger partial charge is 0.310 e. The molecule has 0 saturated heterocycles. The molecule has 0 aliphatic heterocycles. The van der Waals surface area contributed by atoms with Crippen LogP contribution >= 0.6 is 27.5 Å². The Morgan fingerprint density at radius 3 is 2.38 bits per heavy atom. The number of rotatable bonds is 5. The minimum Gasteiger partial charge on any atom is -0.310 e. The molecule has 0 saturated carbocycles. The van der Waals surface area contributed by atoms with Gasteiger partial charge in [-0.05, 0) is 48.4 Å². The molecule has 5 heteroatoms. The lowest BCUT2D eigenvalue weighted by Gasteiger charge is -2.20. The molecule has 2 aromatic carbocycles. The first kappa shape index (κ1) is 16.4. The van der Waals surface area contributed by atoms with Crippen molar-refractivity contribution in [1.29, 1.82) is 0 Å². The normalized spacial score (nSPS) is 12.4. The summed E-state index contributed by atoms with van der Waals surface area (Å²) in [6.07, 6.45) is 0.645. The molecule has 112 valence electrons. The second kappa shape index (κ2) is 7.34. The van der Waals surface area contributed by atoms with Crippen molar-refractivity contribution in [2.45, 2.75) is 19.4 Å². The number of benzene rings is 2. The summed E-state index contributed by atoms with van der Waals surface area (Å²) in [6, 6.07) is 9.90. The molecule has 0 aliphatic carbocycles. The smallest absolute Gasteiger partial charge is 0.160 e. The van der Waals surface area contributed by atoms with Gasteiger partial charge in [0, 0.05) is 15.5 Å². The van der Waals surface area contributed by atoms with Gasteiger partial charge in [-0.3, -0.25) is 0 Å². The van der Waals surface area contributed by atoms with Crippen LogP contribution in [0.3, 0.4) is 0 Å². The summed E-state index contributed by atoms with van der Waals surface area (Å²) >= 11 is 9.46. The Kier molecular flexibility index (Phi) is 5.73. The highest BCUT2D eigenvalue weighted by Crippen LogP contribution is 2.28. The van der Waals surface area contributed by atoms with Crippen molar-refractivity contribution in [3.63, 3.8) is 0 Å². The van der Waals surface area contributed by atoms with E-state index < -0.39 is 11.6 Å². The lowest BCUT2D eigenvalue weighted by molar-refractivity contribution is 0.497. The van der Waals surface area contributed by atoms with Crippen molar-refractivity contribution in [1.82, 2.24) is 5.32 Å². The molecule has 0 aromatic heterocycles. The highest BCUT2D eigenvalue weighted by Gasteiger charge is 2.17. The first-order valence-electron chi connectivity index (χ1n) is 6.63. The van der Waals surface area contributed by atoms with Crippen LogP contribution in [-0.4, -0.2) is 6.54 Å². The van der Waals surface area contributed by atoms with Gasteiger partial charge in [-0.15, -0.1) is 0 Å². The molecule has 0 radical (unpaired) electrons. The molecular formula is C16H15BrClF2N. The Labute approximate surface area is 136 Å². The van der Waals surface area contributed by atoms with Gasteiger partial charge >= 0.3 is 0 Å². The van der Waals surface area contributed by atoms with Gasteiger partial charge in [0.2, 0.25) is 0 Å². The Balaban J connectivity index is 2.30. The van der Waals surface area contributed by atoms with E-state index in [1.807, 2.05) is 31.2 Å². The van der Waals surface area contributed by atoms with Crippen molar-refractivity contribution >= 4 is 27.5 Å². The molecule has 0 bridgehead atoms. The van der Waals surface area contributed by atoms with Crippen molar-refractivity contribution < 1.29 is 8.78 Å². The van der Waals surface area contributed by atoms with Crippen LogP contribution < -0.4 is 5.32 Å². The third-order valence-corrected chi connectivity index (χ3v) is 4.07. The summed E-state index contributed by atoms with van der Waals surface area (Å²) in [5.74, 6) is -1.81. The maximum absolute atomic E-state index is 13.5. The molecule has 0 aliphatic rings. The first-order valence-corrected chi connectivity index (χ1v) is 7.80. The van der Waals surface area contributed by atoms with Crippen molar-refractivity contribution in [3.05, 3.63) is 68.7 Å². The molecule has 0 heterocycles. The molecule has 2 aromatic rings. The van der Waals surface area contributed by atoms with Crippen LogP contribution in [0.25, 0.3) is 0 Å². The summed E-state index contributed by atoms with van der Waals surface area (Å²) in [7, 11) is 0. The molecular weight excluding hydrogens is 360 g/mol. The zero-order valence-electron chi connectivity index (χ0n) is 11.5. The van der Waals surface area contributed by atoms with Gasteiger partial charge in [-0.25, -0.2) is 8.78 Å². The van der Waals surface area contributed by atoms with E-state index in [0.717, 1.165) is 16.1 Å². The maximum atomic E-state index is 13.5. The summed E-state index contributed by atoms with van der Waals surface area (Å²) in [4.78, 5) is 0. The SMILES string of the molecule is CCNC(Cc1ccc(Br)cc1)c1cc(F)c(F)cc1Cl. The van der Waals surface area contributed by atoms with Crippen molar-refractivity contribution in [2.24, 2.45) is 0 Å². The topological polar surface area (TPSA) is 12.0 Å². The van der Waals surface area contributed by atoms with Gasteiger partial charge in [0.1, 0.15) is 0 Å². The molecule has 1 N–H and O–H groups in total. The zero-order valence-corrected chi connectivity index (χ0v) is 13.8. The Bertz CT molecular complexity index is 616. The fourth-order valence-electron chi connectivity index (χ4n) is 2.20. The van der Waals surface area contributed by atoms with Gasteiger partial charge in [0.25, 0.3) is 0 Å². The minimum absolute atomic E-state index is 0.168. The summed E-state index contributed by atoms with van der Waals surface area (Å²) in [5.41, 5.74) is 1.66. The maximum Gasteiger partial charge on any atom is 0.160 e. The standard InChI is InChI=1S/C16H15BrClF2N/c1-2-21-16(7-10-3-5-11(17)6-4-10)12-8-14(19)15(20)9-13(12)18/h3-6,8-9,16,21H,2,7H2,1H3. The fraction of sp³-hybridized carbons (Fsp3) is 0.250. The summed E-state index contributed by atoms with van der Waals surface area (Å²) in [6.45, 7) is 2.67. The molecule has 2 rings (SSSR count). The number of hydrogen-bond donors (Lipinski definition) is 1. The van der Waals surface area contributed by atoms with Crippen LogP contribution in [-0.2, 0) is 6.42 Å². The van der Waals surface area contributed by atoms with E-state index in [4.69, 9.17) is 11.6 Å². The van der Waals surface area contributed by atoms with E-state index in [0.29, 0.717) is 18.5 Å². The highest BCUT2D eigenvalue weighted by molar-refractivity contribution is 9.10. The lowest BCUT2D eigenvalue weighted by Crippen LogP contribution is -2.23. The molecule has 1 atom stereocenters. The molecule has 0 amide bonds. The predicted molar refractivity (Wildman–Crippen MR) is 85.6 cm³/mol. The number of hydrogen-bond acceptors (Lipinski definition) is 1. The van der Waals surface area contributed by atoms with Gasteiger partial charge < -0.3 is 5.32 Å². The molecule has 0 fully saturated rings. The number of halogens is 4. The van der Waals surface area contributed by atoms with Gasteiger partial charge in [0.05, 0.1) is 0 Å². The molecule has 1 unspecified atom stereocenters. The van der Waals surface area contributed by atoms with E-state index in [2.05, 4.69) is 21.2 Å². The van der Waals surface area contributed by atoms with Crippen LogP contribution in [0.4, 0.5) is 8.78 Å². The monoisotopic (exact) mass is 373 g/mol. The Morgan fingerprint density at radius 1 is 1.14 bits per heavy atom. The average molecular weight is 375 g/mol. The average Bonchev–Trinajstić information content (AvgIpc) is 2.45. The van der Waals surface area contributed by atoms with Crippen LogP contribution in [0.15, 0.2) is 40.9 Å². The van der Waals surface area contributed by atoms with Crippen LogP contribution in [0.1, 0.15) is 24.1 Å². The number of nitrogens with one attached hydrogen (secondary N) is 1.